The number of rotatable bonds is 8. The highest BCUT2D eigenvalue weighted by Crippen LogP contribution is 2.29. The van der Waals surface area contributed by atoms with E-state index in [0.717, 1.165) is 43.2 Å². The topological polar surface area (TPSA) is 52.7 Å². The van der Waals surface area contributed by atoms with Gasteiger partial charge in [0.05, 0.1) is 0 Å². The van der Waals surface area contributed by atoms with Crippen molar-refractivity contribution in [1.82, 2.24) is 15.1 Å². The minimum Gasteiger partial charge on any atom is -0.352 e. The Bertz CT molecular complexity index is 1040. The average Bonchev–Trinajstić information content (AvgIpc) is 3.49. The molecule has 0 spiro atoms. The fourth-order valence-corrected chi connectivity index (χ4v) is 5.41. The van der Waals surface area contributed by atoms with Crippen molar-refractivity contribution in [2.45, 2.75) is 19.4 Å². The molecule has 0 bridgehead atoms. The molecule has 3 heterocycles. The maximum Gasteiger partial charge on any atom is 0.252 e. The summed E-state index contributed by atoms with van der Waals surface area (Å²) in [5.74, 6) is -0.150. The van der Waals surface area contributed by atoms with E-state index in [2.05, 4.69) is 16.3 Å². The summed E-state index contributed by atoms with van der Waals surface area (Å²) in [6, 6.07) is 12.6. The molecule has 1 aliphatic heterocycles. The largest absolute Gasteiger partial charge is 0.352 e. The lowest BCUT2D eigenvalue weighted by Gasteiger charge is -2.34. The average molecular weight is 472 g/mol. The molecule has 0 unspecified atom stereocenters. The van der Waals surface area contributed by atoms with E-state index in [1.54, 1.807) is 29.5 Å². The zero-order chi connectivity index (χ0) is 22.3. The van der Waals surface area contributed by atoms with Gasteiger partial charge in [-0.25, -0.2) is 4.39 Å². The van der Waals surface area contributed by atoms with Crippen molar-refractivity contribution < 1.29 is 14.0 Å². The van der Waals surface area contributed by atoms with E-state index < -0.39 is 0 Å². The number of nitrogens with one attached hydrogen (secondary N) is 1. The molecule has 2 aromatic heterocycles. The number of benzene rings is 1. The van der Waals surface area contributed by atoms with Gasteiger partial charge in [0.2, 0.25) is 5.91 Å². The first kappa shape index (κ1) is 22.6. The standard InChI is InChI=1S/C24H26FN3O2S2/c25-20-4-1-3-18(15-20)22-7-6-21(32-22)16-27-10-12-28(13-11-27)23(29)5-2-9-26-24(30)19-8-14-31-17-19/h1,3-4,6-8,14-15,17H,2,5,9-13,16H2,(H,26,30). The quantitative estimate of drug-likeness (QED) is 0.493. The van der Waals surface area contributed by atoms with Crippen molar-refractivity contribution in [2.24, 2.45) is 0 Å². The molecule has 1 aliphatic rings. The van der Waals surface area contributed by atoms with Crippen LogP contribution < -0.4 is 5.32 Å². The number of amides is 2. The van der Waals surface area contributed by atoms with E-state index in [4.69, 9.17) is 0 Å². The van der Waals surface area contributed by atoms with Crippen molar-refractivity contribution in [2.75, 3.05) is 32.7 Å². The zero-order valence-electron chi connectivity index (χ0n) is 17.8. The van der Waals surface area contributed by atoms with Gasteiger partial charge in [0.25, 0.3) is 5.91 Å². The first-order chi connectivity index (χ1) is 15.6. The van der Waals surface area contributed by atoms with Crippen molar-refractivity contribution in [3.63, 3.8) is 0 Å². The zero-order valence-corrected chi connectivity index (χ0v) is 19.4. The number of hydrogen-bond acceptors (Lipinski definition) is 5. The van der Waals surface area contributed by atoms with Crippen LogP contribution in [0.1, 0.15) is 28.1 Å². The lowest BCUT2D eigenvalue weighted by Crippen LogP contribution is -2.48. The lowest BCUT2D eigenvalue weighted by molar-refractivity contribution is -0.133. The number of carbonyl (C=O) groups excluding carboxylic acids is 2. The van der Waals surface area contributed by atoms with E-state index >= 15 is 0 Å². The predicted octanol–water partition coefficient (Wildman–Crippen LogP) is 4.47. The smallest absolute Gasteiger partial charge is 0.252 e. The molecule has 8 heteroatoms. The Morgan fingerprint density at radius 1 is 1.06 bits per heavy atom. The fraction of sp³-hybridized carbons (Fsp3) is 0.333. The van der Waals surface area contributed by atoms with Crippen LogP contribution in [0.2, 0.25) is 0 Å². The second-order valence-corrected chi connectivity index (χ2v) is 9.75. The SMILES string of the molecule is O=C(NCCCC(=O)N1CCN(Cc2ccc(-c3cccc(F)c3)s2)CC1)c1ccsc1. The molecule has 0 saturated carbocycles. The monoisotopic (exact) mass is 471 g/mol. The second kappa shape index (κ2) is 10.8. The van der Waals surface area contributed by atoms with Gasteiger partial charge in [0, 0.05) is 66.4 Å². The van der Waals surface area contributed by atoms with Gasteiger partial charge < -0.3 is 10.2 Å². The lowest BCUT2D eigenvalue weighted by atomic mass is 10.2. The molecular weight excluding hydrogens is 445 g/mol. The van der Waals surface area contributed by atoms with Crippen LogP contribution in [0.3, 0.4) is 0 Å². The molecule has 2 amide bonds. The van der Waals surface area contributed by atoms with Crippen LogP contribution in [-0.4, -0.2) is 54.3 Å². The van der Waals surface area contributed by atoms with Crippen LogP contribution in [0, 0.1) is 5.82 Å². The highest BCUT2D eigenvalue weighted by atomic mass is 32.1. The van der Waals surface area contributed by atoms with Gasteiger partial charge in [-0.3, -0.25) is 14.5 Å². The number of halogens is 1. The molecule has 168 valence electrons. The molecule has 3 aromatic rings. The maximum absolute atomic E-state index is 13.5. The first-order valence-corrected chi connectivity index (χ1v) is 12.5. The third-order valence-electron chi connectivity index (χ3n) is 5.51. The summed E-state index contributed by atoms with van der Waals surface area (Å²) in [6.45, 7) is 4.48. The molecule has 1 aromatic carbocycles. The number of carbonyl (C=O) groups is 2. The van der Waals surface area contributed by atoms with Gasteiger partial charge in [0.15, 0.2) is 0 Å². The van der Waals surface area contributed by atoms with Crippen LogP contribution >= 0.6 is 22.7 Å². The van der Waals surface area contributed by atoms with Gasteiger partial charge in [-0.1, -0.05) is 12.1 Å². The second-order valence-electron chi connectivity index (χ2n) is 7.80. The van der Waals surface area contributed by atoms with Crippen LogP contribution in [0.4, 0.5) is 4.39 Å². The van der Waals surface area contributed by atoms with E-state index in [-0.39, 0.29) is 17.6 Å². The number of nitrogens with zero attached hydrogens (tertiary/aromatic N) is 2. The Labute approximate surface area is 195 Å². The molecule has 0 aliphatic carbocycles. The fourth-order valence-electron chi connectivity index (χ4n) is 3.73. The van der Waals surface area contributed by atoms with E-state index in [9.17, 15) is 14.0 Å². The molecule has 0 radical (unpaired) electrons. The van der Waals surface area contributed by atoms with Gasteiger partial charge in [-0.05, 0) is 47.7 Å². The van der Waals surface area contributed by atoms with Crippen molar-refractivity contribution in [3.05, 3.63) is 69.5 Å². The van der Waals surface area contributed by atoms with E-state index in [1.807, 2.05) is 27.8 Å². The van der Waals surface area contributed by atoms with Crippen LogP contribution in [0.15, 0.2) is 53.2 Å². The molecular formula is C24H26FN3O2S2. The Kier molecular flexibility index (Phi) is 7.68. The predicted molar refractivity (Wildman–Crippen MR) is 127 cm³/mol. The minimum absolute atomic E-state index is 0.0820. The van der Waals surface area contributed by atoms with Crippen molar-refractivity contribution in [1.29, 1.82) is 0 Å². The van der Waals surface area contributed by atoms with Gasteiger partial charge >= 0.3 is 0 Å². The number of thiophene rings is 2. The highest BCUT2D eigenvalue weighted by molar-refractivity contribution is 7.15. The molecule has 0 atom stereocenters. The molecule has 5 nitrogen and oxygen atoms in total. The summed E-state index contributed by atoms with van der Waals surface area (Å²) in [4.78, 5) is 31.0. The first-order valence-electron chi connectivity index (χ1n) is 10.7. The van der Waals surface area contributed by atoms with E-state index in [0.29, 0.717) is 24.9 Å². The Morgan fingerprint density at radius 3 is 2.66 bits per heavy atom. The molecule has 1 N–H and O–H groups in total. The number of hydrogen-bond donors (Lipinski definition) is 1. The molecule has 32 heavy (non-hydrogen) atoms. The van der Waals surface area contributed by atoms with E-state index in [1.165, 1.54) is 22.3 Å². The Balaban J connectivity index is 1.16. The van der Waals surface area contributed by atoms with Gasteiger partial charge in [-0.15, -0.1) is 11.3 Å². The van der Waals surface area contributed by atoms with Crippen LogP contribution in [-0.2, 0) is 11.3 Å². The number of piperazine rings is 1. The van der Waals surface area contributed by atoms with Crippen molar-refractivity contribution in [3.8, 4) is 10.4 Å². The minimum atomic E-state index is -0.219. The normalized spacial score (nSPS) is 14.5. The van der Waals surface area contributed by atoms with Crippen molar-refractivity contribution >= 4 is 34.5 Å². The molecule has 1 saturated heterocycles. The van der Waals surface area contributed by atoms with Crippen LogP contribution in [0.5, 0.6) is 0 Å². The maximum atomic E-state index is 13.5. The summed E-state index contributed by atoms with van der Waals surface area (Å²) >= 11 is 3.18. The Hall–Kier alpha value is -2.55. The summed E-state index contributed by atoms with van der Waals surface area (Å²) in [5.41, 5.74) is 1.58. The summed E-state index contributed by atoms with van der Waals surface area (Å²) in [5, 5.41) is 6.56. The van der Waals surface area contributed by atoms with Gasteiger partial charge in [0.1, 0.15) is 5.82 Å². The summed E-state index contributed by atoms with van der Waals surface area (Å²) in [6.07, 6.45) is 1.10. The van der Waals surface area contributed by atoms with Crippen LogP contribution in [0.25, 0.3) is 10.4 Å². The third-order valence-corrected chi connectivity index (χ3v) is 7.31. The molecule has 4 rings (SSSR count). The third kappa shape index (κ3) is 6.03. The van der Waals surface area contributed by atoms with Gasteiger partial charge in [-0.2, -0.15) is 11.3 Å². The summed E-state index contributed by atoms with van der Waals surface area (Å²) in [7, 11) is 0. The molecule has 1 fully saturated rings. The Morgan fingerprint density at radius 2 is 1.91 bits per heavy atom. The summed E-state index contributed by atoms with van der Waals surface area (Å²) < 4.78 is 13.5. The highest BCUT2D eigenvalue weighted by Gasteiger charge is 2.21.